The highest BCUT2D eigenvalue weighted by Gasteiger charge is 2.35. The monoisotopic (exact) mass is 331 g/mol. The Labute approximate surface area is 139 Å². The van der Waals surface area contributed by atoms with Gasteiger partial charge in [-0.3, -0.25) is 9.89 Å². The van der Waals surface area contributed by atoms with Crippen molar-refractivity contribution in [1.82, 2.24) is 15.1 Å². The maximum Gasteiger partial charge on any atom is 0.257 e. The van der Waals surface area contributed by atoms with Gasteiger partial charge in [-0.1, -0.05) is 12.1 Å². The molecule has 1 fully saturated rings. The average molecular weight is 331 g/mol. The lowest BCUT2D eigenvalue weighted by Crippen LogP contribution is -2.52. The first-order valence-electron chi connectivity index (χ1n) is 7.86. The second-order valence-corrected chi connectivity index (χ2v) is 6.10. The van der Waals surface area contributed by atoms with Crippen LogP contribution >= 0.6 is 0 Å². The quantitative estimate of drug-likeness (QED) is 0.778. The number of nitrogens with one attached hydrogen (secondary N) is 1. The number of nitrogens with zero attached hydrogens (tertiary/aromatic N) is 2. The first kappa shape index (κ1) is 16.5. The van der Waals surface area contributed by atoms with Crippen LogP contribution in [0.15, 0.2) is 30.5 Å². The van der Waals surface area contributed by atoms with Crippen molar-refractivity contribution in [3.05, 3.63) is 36.0 Å². The summed E-state index contributed by atoms with van der Waals surface area (Å²) < 4.78 is 5.22. The highest BCUT2D eigenvalue weighted by Crippen LogP contribution is 2.28. The van der Waals surface area contributed by atoms with Gasteiger partial charge in [0.25, 0.3) is 5.91 Å². The summed E-state index contributed by atoms with van der Waals surface area (Å²) in [7, 11) is 1.58. The van der Waals surface area contributed by atoms with E-state index in [2.05, 4.69) is 10.2 Å². The summed E-state index contributed by atoms with van der Waals surface area (Å²) in [6.07, 6.45) is 2.63. The molecule has 1 aliphatic heterocycles. The van der Waals surface area contributed by atoms with E-state index < -0.39 is 5.60 Å². The fourth-order valence-corrected chi connectivity index (χ4v) is 3.03. The number of H-pyrrole nitrogens is 1. The van der Waals surface area contributed by atoms with Crippen molar-refractivity contribution in [2.45, 2.75) is 18.4 Å². The Morgan fingerprint density at radius 3 is 3.08 bits per heavy atom. The minimum Gasteiger partial charge on any atom is -0.497 e. The number of carbonyl (C=O) groups excluding carboxylic acids is 1. The van der Waals surface area contributed by atoms with Crippen molar-refractivity contribution < 1.29 is 19.7 Å². The fourth-order valence-electron chi connectivity index (χ4n) is 3.03. The minimum absolute atomic E-state index is 0.116. The molecule has 24 heavy (non-hydrogen) atoms. The number of likely N-dealkylation sites (tertiary alicyclic amines) is 1. The van der Waals surface area contributed by atoms with Crippen LogP contribution in [0.25, 0.3) is 11.3 Å². The van der Waals surface area contributed by atoms with Crippen molar-refractivity contribution in [3.8, 4) is 17.0 Å². The lowest BCUT2D eigenvalue weighted by atomic mass is 9.93. The van der Waals surface area contributed by atoms with Crippen LogP contribution in [0.4, 0.5) is 0 Å². The first-order valence-corrected chi connectivity index (χ1v) is 7.86. The van der Waals surface area contributed by atoms with Gasteiger partial charge in [-0.05, 0) is 25.0 Å². The molecule has 0 radical (unpaired) electrons. The lowest BCUT2D eigenvalue weighted by Gasteiger charge is -2.38. The Balaban J connectivity index is 1.88. The van der Waals surface area contributed by atoms with E-state index in [0.717, 1.165) is 5.56 Å². The van der Waals surface area contributed by atoms with E-state index >= 15 is 0 Å². The maximum atomic E-state index is 12.9. The highest BCUT2D eigenvalue weighted by atomic mass is 16.5. The summed E-state index contributed by atoms with van der Waals surface area (Å²) >= 11 is 0. The zero-order valence-electron chi connectivity index (χ0n) is 13.5. The van der Waals surface area contributed by atoms with Gasteiger partial charge in [0, 0.05) is 12.1 Å². The van der Waals surface area contributed by atoms with Crippen molar-refractivity contribution in [1.29, 1.82) is 0 Å². The number of aliphatic hydroxyl groups is 2. The van der Waals surface area contributed by atoms with Crippen LogP contribution < -0.4 is 4.74 Å². The van der Waals surface area contributed by atoms with Gasteiger partial charge in [0.05, 0.1) is 37.7 Å². The van der Waals surface area contributed by atoms with Crippen molar-refractivity contribution >= 4 is 5.91 Å². The molecular formula is C17H21N3O4. The number of hydrogen-bond donors (Lipinski definition) is 3. The molecule has 2 heterocycles. The number of aromatic nitrogens is 2. The van der Waals surface area contributed by atoms with Crippen LogP contribution in [0, 0.1) is 0 Å². The van der Waals surface area contributed by atoms with Crippen molar-refractivity contribution in [3.63, 3.8) is 0 Å². The smallest absolute Gasteiger partial charge is 0.257 e. The van der Waals surface area contributed by atoms with Gasteiger partial charge in [0.1, 0.15) is 11.4 Å². The van der Waals surface area contributed by atoms with E-state index in [1.54, 1.807) is 12.0 Å². The standard InChI is InChI=1S/C17H21N3O4/c1-24-13-5-2-4-12(8-13)15-14(9-18-19-15)16(22)20-7-3-6-17(23,10-20)11-21/h2,4-5,8-9,21,23H,3,6-7,10-11H2,1H3,(H,18,19)/t17-/m1/s1. The van der Waals surface area contributed by atoms with Gasteiger partial charge >= 0.3 is 0 Å². The zero-order chi connectivity index (χ0) is 17.2. The van der Waals surface area contributed by atoms with Gasteiger partial charge < -0.3 is 19.8 Å². The summed E-state index contributed by atoms with van der Waals surface area (Å²) in [6.45, 7) is 0.305. The highest BCUT2D eigenvalue weighted by molar-refractivity contribution is 5.99. The van der Waals surface area contributed by atoms with E-state index in [9.17, 15) is 15.0 Å². The van der Waals surface area contributed by atoms with Crippen molar-refractivity contribution in [2.24, 2.45) is 0 Å². The van der Waals surface area contributed by atoms with Crippen LogP contribution in [0.2, 0.25) is 0 Å². The molecule has 1 aromatic heterocycles. The number of piperidine rings is 1. The molecule has 7 nitrogen and oxygen atoms in total. The molecule has 2 aromatic rings. The Bertz CT molecular complexity index is 730. The van der Waals surface area contributed by atoms with E-state index in [1.807, 2.05) is 24.3 Å². The Kier molecular flexibility index (Phi) is 4.55. The molecule has 0 bridgehead atoms. The molecule has 0 saturated carbocycles. The van der Waals surface area contributed by atoms with E-state index in [4.69, 9.17) is 4.74 Å². The molecule has 0 aliphatic carbocycles. The first-order chi connectivity index (χ1) is 11.6. The normalized spacial score (nSPS) is 20.9. The Hall–Kier alpha value is -2.38. The topological polar surface area (TPSA) is 98.7 Å². The number of methoxy groups -OCH3 is 1. The summed E-state index contributed by atoms with van der Waals surface area (Å²) in [5.41, 5.74) is 0.611. The van der Waals surface area contributed by atoms with Gasteiger partial charge in [-0.15, -0.1) is 0 Å². The Morgan fingerprint density at radius 2 is 2.33 bits per heavy atom. The third-order valence-corrected chi connectivity index (χ3v) is 4.37. The number of carbonyl (C=O) groups is 1. The number of benzene rings is 1. The summed E-state index contributed by atoms with van der Waals surface area (Å²) in [4.78, 5) is 14.4. The summed E-state index contributed by atoms with van der Waals surface area (Å²) in [5.74, 6) is 0.473. The number of ether oxygens (including phenoxy) is 1. The number of hydrogen-bond acceptors (Lipinski definition) is 5. The maximum absolute atomic E-state index is 12.9. The molecule has 128 valence electrons. The fraction of sp³-hybridized carbons (Fsp3) is 0.412. The molecule has 1 atom stereocenters. The molecule has 0 spiro atoms. The van der Waals surface area contributed by atoms with Crippen molar-refractivity contribution in [2.75, 3.05) is 26.8 Å². The van der Waals surface area contributed by atoms with Crippen LogP contribution in [0.1, 0.15) is 23.2 Å². The second-order valence-electron chi connectivity index (χ2n) is 6.10. The predicted molar refractivity (Wildman–Crippen MR) is 87.7 cm³/mol. The number of aromatic amines is 1. The van der Waals surface area contributed by atoms with Crippen LogP contribution in [0.3, 0.4) is 0 Å². The molecule has 1 saturated heterocycles. The number of rotatable bonds is 4. The number of aliphatic hydroxyl groups excluding tert-OH is 1. The number of β-amino-alcohol motifs (C(OH)–C–C–N with tert-alkyl or cyclic N) is 1. The van der Waals surface area contributed by atoms with Gasteiger partial charge in [-0.2, -0.15) is 5.10 Å². The van der Waals surface area contributed by atoms with Gasteiger partial charge in [0.15, 0.2) is 0 Å². The van der Waals surface area contributed by atoms with E-state index in [1.165, 1.54) is 6.20 Å². The van der Waals surface area contributed by atoms with Crippen LogP contribution in [-0.2, 0) is 0 Å². The predicted octanol–water partition coefficient (Wildman–Crippen LogP) is 1.04. The van der Waals surface area contributed by atoms with E-state index in [0.29, 0.717) is 36.4 Å². The molecular weight excluding hydrogens is 310 g/mol. The molecule has 3 N–H and O–H groups in total. The van der Waals surface area contributed by atoms with Crippen LogP contribution in [-0.4, -0.2) is 63.6 Å². The lowest BCUT2D eigenvalue weighted by molar-refractivity contribution is -0.0598. The summed E-state index contributed by atoms with van der Waals surface area (Å²) in [6, 6.07) is 7.36. The third kappa shape index (κ3) is 3.13. The van der Waals surface area contributed by atoms with Crippen LogP contribution in [0.5, 0.6) is 5.75 Å². The molecule has 7 heteroatoms. The number of amides is 1. The third-order valence-electron chi connectivity index (χ3n) is 4.37. The molecule has 3 rings (SSSR count). The molecule has 1 amide bonds. The van der Waals surface area contributed by atoms with Gasteiger partial charge in [0.2, 0.25) is 0 Å². The average Bonchev–Trinajstić information content (AvgIpc) is 3.11. The second kappa shape index (κ2) is 6.62. The molecule has 1 aromatic carbocycles. The largest absolute Gasteiger partial charge is 0.497 e. The SMILES string of the molecule is COc1cccc(-c2[nH]ncc2C(=O)N2CCC[C@](O)(CO)C2)c1. The zero-order valence-corrected chi connectivity index (χ0v) is 13.5. The summed E-state index contributed by atoms with van der Waals surface area (Å²) in [5, 5.41) is 26.5. The van der Waals surface area contributed by atoms with E-state index in [-0.39, 0.29) is 19.1 Å². The van der Waals surface area contributed by atoms with Gasteiger partial charge in [-0.25, -0.2) is 0 Å². The molecule has 0 unspecified atom stereocenters. The minimum atomic E-state index is -1.23. The Morgan fingerprint density at radius 1 is 1.50 bits per heavy atom. The molecule has 1 aliphatic rings.